The number of rotatable bonds is 4. The van der Waals surface area contributed by atoms with Crippen molar-refractivity contribution in [3.8, 4) is 44.8 Å². The van der Waals surface area contributed by atoms with Gasteiger partial charge >= 0.3 is 0 Å². The van der Waals surface area contributed by atoms with Gasteiger partial charge in [0, 0.05) is 58.5 Å². The molecule has 60 heavy (non-hydrogen) atoms. The highest BCUT2D eigenvalue weighted by Crippen LogP contribution is 2.50. The molecular weight excluding hydrogens is 745 g/mol. The molecule has 11 aromatic rings. The molecule has 0 unspecified atom stereocenters. The van der Waals surface area contributed by atoms with E-state index in [9.17, 15) is 0 Å². The van der Waals surface area contributed by atoms with Gasteiger partial charge in [-0.1, -0.05) is 141 Å². The summed E-state index contributed by atoms with van der Waals surface area (Å²) in [4.78, 5) is 0. The third-order valence-electron chi connectivity index (χ3n) is 13.5. The summed E-state index contributed by atoms with van der Waals surface area (Å²) in [5, 5.41) is 7.83. The van der Waals surface area contributed by atoms with E-state index in [1.807, 2.05) is 11.3 Å². The summed E-state index contributed by atoms with van der Waals surface area (Å²) in [6, 6.07) is 63.6. The van der Waals surface area contributed by atoms with E-state index in [0.717, 1.165) is 12.8 Å². The van der Waals surface area contributed by atoms with Gasteiger partial charge in [0.1, 0.15) is 0 Å². The summed E-state index contributed by atoms with van der Waals surface area (Å²) in [6.07, 6.45) is 7.10. The minimum atomic E-state index is -0.0750. The van der Waals surface area contributed by atoms with Crippen LogP contribution in [0.5, 0.6) is 0 Å². The summed E-state index contributed by atoms with van der Waals surface area (Å²) >= 11 is 1.96. The molecule has 2 aliphatic rings. The fourth-order valence-electron chi connectivity index (χ4n) is 10.9. The van der Waals surface area contributed by atoms with E-state index in [4.69, 9.17) is 0 Å². The van der Waals surface area contributed by atoms with Crippen LogP contribution in [-0.4, -0.2) is 9.13 Å². The van der Waals surface area contributed by atoms with Crippen LogP contribution >= 0.6 is 11.3 Å². The molecule has 0 bridgehead atoms. The number of fused-ring (bicyclic) bond motifs is 12. The summed E-state index contributed by atoms with van der Waals surface area (Å²) in [5.74, 6) is 0. The van der Waals surface area contributed by atoms with Gasteiger partial charge in [-0.25, -0.2) is 0 Å². The lowest BCUT2D eigenvalue weighted by molar-refractivity contribution is 0.660. The Labute approximate surface area is 352 Å². The molecule has 8 aromatic carbocycles. The molecule has 3 aromatic heterocycles. The standard InChI is InChI=1S/C57H40N2S/c1-57(2)47-24-10-6-18-38(47)39-31-30-35(32-48(39)57)45-33-37(34-46-40-19-9-13-29-53(40)60-56(45)46)59-50-26-12-8-21-44(50)55-42(23-15-28-52(55)59)41-22-14-27-51-54(41)43-20-7-11-25-49(43)58(51)36-16-4-3-5-17-36/h3-8,10-12,14-34H,9,13H2,1-2H3. The van der Waals surface area contributed by atoms with Gasteiger partial charge in [0.25, 0.3) is 0 Å². The van der Waals surface area contributed by atoms with Gasteiger partial charge in [-0.05, 0) is 112 Å². The first-order valence-corrected chi connectivity index (χ1v) is 22.0. The number of nitrogens with zero attached hydrogens (tertiary/aromatic N) is 2. The average Bonchev–Trinajstić information content (AvgIpc) is 4.01. The first kappa shape index (κ1) is 34.0. The van der Waals surface area contributed by atoms with Crippen molar-refractivity contribution in [2.45, 2.75) is 32.1 Å². The first-order valence-electron chi connectivity index (χ1n) is 21.2. The third-order valence-corrected chi connectivity index (χ3v) is 14.8. The highest BCUT2D eigenvalue weighted by atomic mass is 32.1. The van der Waals surface area contributed by atoms with E-state index < -0.39 is 0 Å². The number of hydrogen-bond donors (Lipinski definition) is 0. The van der Waals surface area contributed by atoms with Crippen LogP contribution in [0, 0.1) is 0 Å². The van der Waals surface area contributed by atoms with Gasteiger partial charge in [-0.15, -0.1) is 11.3 Å². The Kier molecular flexibility index (Phi) is 7.10. The fourth-order valence-corrected chi connectivity index (χ4v) is 12.2. The molecule has 0 N–H and O–H groups in total. The Morgan fingerprint density at radius 2 is 1.02 bits per heavy atom. The zero-order chi connectivity index (χ0) is 39.7. The summed E-state index contributed by atoms with van der Waals surface area (Å²) < 4.78 is 7.72. The molecule has 0 fully saturated rings. The predicted molar refractivity (Wildman–Crippen MR) is 256 cm³/mol. The number of benzene rings is 8. The number of aromatic nitrogens is 2. The second-order valence-electron chi connectivity index (χ2n) is 17.1. The van der Waals surface area contributed by atoms with Crippen LogP contribution in [-0.2, 0) is 5.41 Å². The predicted octanol–water partition coefficient (Wildman–Crippen LogP) is 14.1. The van der Waals surface area contributed by atoms with Crippen molar-refractivity contribution in [1.82, 2.24) is 9.13 Å². The zero-order valence-electron chi connectivity index (χ0n) is 33.5. The van der Waals surface area contributed by atoms with E-state index in [1.54, 1.807) is 0 Å². The Balaban J connectivity index is 1.09. The van der Waals surface area contributed by atoms with E-state index in [-0.39, 0.29) is 5.41 Å². The number of para-hydroxylation sites is 3. The SMILES string of the molecule is CC1(C)c2ccccc2-c2ccc(-c3cc(-n4c5ccccc5c5c(-c6cccc7c6c6ccccc6n7-c6ccccc6)cccc54)cc4c5c(sc34)=CCCC=5)cc21. The smallest absolute Gasteiger partial charge is 0.0547 e. The Bertz CT molecular complexity index is 3740. The molecule has 0 saturated carbocycles. The van der Waals surface area contributed by atoms with Crippen LogP contribution in [0.25, 0.3) is 111 Å². The van der Waals surface area contributed by atoms with E-state index in [0.29, 0.717) is 0 Å². The summed E-state index contributed by atoms with van der Waals surface area (Å²) in [7, 11) is 0. The van der Waals surface area contributed by atoms with E-state index in [1.165, 1.54) is 119 Å². The molecule has 0 atom stereocenters. The molecule has 13 rings (SSSR count). The molecule has 3 heteroatoms. The highest BCUT2D eigenvalue weighted by Gasteiger charge is 2.35. The quantitative estimate of drug-likeness (QED) is 0.168. The van der Waals surface area contributed by atoms with Crippen molar-refractivity contribution in [3.63, 3.8) is 0 Å². The maximum absolute atomic E-state index is 2.54. The third kappa shape index (κ3) is 4.64. The molecule has 0 aliphatic heterocycles. The van der Waals surface area contributed by atoms with Crippen molar-refractivity contribution >= 4 is 77.2 Å². The van der Waals surface area contributed by atoms with Gasteiger partial charge in [-0.3, -0.25) is 0 Å². The molecule has 0 spiro atoms. The first-order chi connectivity index (χ1) is 29.5. The molecule has 3 heterocycles. The van der Waals surface area contributed by atoms with Crippen LogP contribution < -0.4 is 9.75 Å². The van der Waals surface area contributed by atoms with Gasteiger partial charge in [0.2, 0.25) is 0 Å². The Hall–Kier alpha value is -6.94. The van der Waals surface area contributed by atoms with Crippen molar-refractivity contribution in [1.29, 1.82) is 0 Å². The lowest BCUT2D eigenvalue weighted by Crippen LogP contribution is -2.20. The van der Waals surface area contributed by atoms with E-state index >= 15 is 0 Å². The molecule has 0 radical (unpaired) electrons. The second kappa shape index (κ2) is 12.5. The van der Waals surface area contributed by atoms with Crippen molar-refractivity contribution in [2.75, 3.05) is 0 Å². The monoisotopic (exact) mass is 784 g/mol. The number of thiophene rings is 1. The van der Waals surface area contributed by atoms with Crippen LogP contribution in [0.1, 0.15) is 37.8 Å². The van der Waals surface area contributed by atoms with Gasteiger partial charge < -0.3 is 9.13 Å². The average molecular weight is 785 g/mol. The summed E-state index contributed by atoms with van der Waals surface area (Å²) in [6.45, 7) is 4.77. The van der Waals surface area contributed by atoms with Crippen molar-refractivity contribution in [3.05, 3.63) is 191 Å². The molecule has 0 saturated heterocycles. The lowest BCUT2D eigenvalue weighted by Gasteiger charge is -2.22. The fraction of sp³-hybridized carbons (Fsp3) is 0.0877. The topological polar surface area (TPSA) is 9.86 Å². The normalized spacial score (nSPS) is 14.1. The molecule has 2 aliphatic carbocycles. The molecule has 0 amide bonds. The maximum Gasteiger partial charge on any atom is 0.0547 e. The Morgan fingerprint density at radius 3 is 1.75 bits per heavy atom. The van der Waals surface area contributed by atoms with Crippen LogP contribution in [0.4, 0.5) is 0 Å². The van der Waals surface area contributed by atoms with Crippen LogP contribution in [0.15, 0.2) is 170 Å². The lowest BCUT2D eigenvalue weighted by atomic mass is 9.81. The van der Waals surface area contributed by atoms with Gasteiger partial charge in [0.05, 0.1) is 22.1 Å². The van der Waals surface area contributed by atoms with Crippen LogP contribution in [0.3, 0.4) is 0 Å². The maximum atomic E-state index is 2.54. The molecule has 2 nitrogen and oxygen atoms in total. The van der Waals surface area contributed by atoms with Crippen LogP contribution in [0.2, 0.25) is 0 Å². The summed E-state index contributed by atoms with van der Waals surface area (Å²) in [5.41, 5.74) is 17.8. The number of hydrogen-bond acceptors (Lipinski definition) is 1. The highest BCUT2D eigenvalue weighted by molar-refractivity contribution is 7.17. The Morgan fingerprint density at radius 1 is 0.433 bits per heavy atom. The second-order valence-corrected chi connectivity index (χ2v) is 18.2. The van der Waals surface area contributed by atoms with E-state index in [2.05, 4.69) is 205 Å². The molecular formula is C57H40N2S. The minimum Gasteiger partial charge on any atom is -0.309 e. The van der Waals surface area contributed by atoms with Crippen molar-refractivity contribution in [2.24, 2.45) is 0 Å². The largest absolute Gasteiger partial charge is 0.309 e. The minimum absolute atomic E-state index is 0.0750. The van der Waals surface area contributed by atoms with Gasteiger partial charge in [0.15, 0.2) is 0 Å². The van der Waals surface area contributed by atoms with Crippen molar-refractivity contribution < 1.29 is 0 Å². The van der Waals surface area contributed by atoms with Gasteiger partial charge in [-0.2, -0.15) is 0 Å². The molecule has 284 valence electrons. The zero-order valence-corrected chi connectivity index (χ0v) is 34.4.